The van der Waals surface area contributed by atoms with Crippen molar-refractivity contribution in [3.8, 4) is 0 Å². The van der Waals surface area contributed by atoms with Crippen LogP contribution in [0.3, 0.4) is 0 Å². The van der Waals surface area contributed by atoms with Crippen LogP contribution in [-0.2, 0) is 29.5 Å². The van der Waals surface area contributed by atoms with Crippen LogP contribution in [-0.4, -0.2) is 39.2 Å². The molecule has 2 aromatic rings. The average molecular weight is 368 g/mol. The molecule has 0 spiro atoms. The van der Waals surface area contributed by atoms with Crippen LogP contribution in [0.15, 0.2) is 11.4 Å². The Kier molecular flexibility index (Phi) is 4.64. The van der Waals surface area contributed by atoms with Crippen LogP contribution in [0.25, 0.3) is 0 Å². The molecule has 128 valence electrons. The van der Waals surface area contributed by atoms with Crippen molar-refractivity contribution in [1.29, 1.82) is 0 Å². The van der Waals surface area contributed by atoms with Crippen molar-refractivity contribution in [2.75, 3.05) is 6.54 Å². The second-order valence-corrected chi connectivity index (χ2v) is 7.16. The van der Waals surface area contributed by atoms with E-state index in [1.807, 2.05) is 11.4 Å². The van der Waals surface area contributed by atoms with E-state index in [2.05, 4.69) is 5.10 Å². The Bertz CT molecular complexity index is 799. The van der Waals surface area contributed by atoms with E-state index < -0.39 is 12.1 Å². The number of fused-ring (bicyclic) bond motifs is 1. The average Bonchev–Trinajstić information content (AvgIpc) is 3.10. The van der Waals surface area contributed by atoms with Gasteiger partial charge in [-0.15, -0.1) is 11.3 Å². The number of carbonyl (C=O) groups excluding carboxylic acids is 2. The Morgan fingerprint density at radius 2 is 2.21 bits per heavy atom. The molecule has 3 heterocycles. The van der Waals surface area contributed by atoms with E-state index in [9.17, 15) is 9.59 Å². The monoisotopic (exact) mass is 367 g/mol. The highest BCUT2D eigenvalue weighted by Crippen LogP contribution is 2.25. The van der Waals surface area contributed by atoms with Crippen molar-refractivity contribution < 1.29 is 14.3 Å². The fraction of sp³-hybridized carbons (Fsp3) is 0.438. The van der Waals surface area contributed by atoms with Crippen molar-refractivity contribution >= 4 is 34.8 Å². The smallest absolute Gasteiger partial charge is 0.343 e. The van der Waals surface area contributed by atoms with E-state index in [0.717, 1.165) is 6.42 Å². The highest BCUT2D eigenvalue weighted by molar-refractivity contribution is 7.10. The van der Waals surface area contributed by atoms with Crippen LogP contribution in [0.1, 0.15) is 33.4 Å². The summed E-state index contributed by atoms with van der Waals surface area (Å²) < 4.78 is 6.74. The van der Waals surface area contributed by atoms with Crippen LogP contribution in [0.2, 0.25) is 5.15 Å². The largest absolute Gasteiger partial charge is 0.449 e. The lowest BCUT2D eigenvalue weighted by Crippen LogP contribution is -2.42. The number of ether oxygens (including phenoxy) is 1. The lowest BCUT2D eigenvalue weighted by Gasteiger charge is -2.29. The summed E-state index contributed by atoms with van der Waals surface area (Å²) in [6.07, 6.45) is -0.0270. The third-order valence-electron chi connectivity index (χ3n) is 4.11. The first kappa shape index (κ1) is 17.0. The summed E-state index contributed by atoms with van der Waals surface area (Å²) in [5, 5.41) is 6.33. The molecule has 1 aliphatic heterocycles. The molecule has 6 nitrogen and oxygen atoms in total. The van der Waals surface area contributed by atoms with Gasteiger partial charge in [0, 0.05) is 25.0 Å². The number of halogens is 1. The van der Waals surface area contributed by atoms with Gasteiger partial charge in [-0.2, -0.15) is 5.10 Å². The molecule has 0 saturated heterocycles. The summed E-state index contributed by atoms with van der Waals surface area (Å²) >= 11 is 7.78. The highest BCUT2D eigenvalue weighted by Gasteiger charge is 2.29. The first-order valence-electron chi connectivity index (χ1n) is 7.62. The SMILES string of the molecule is Cc1nn(C)c(Cl)c1C(=O)OC(C)C(=O)N1CCc2sccc2C1. The first-order chi connectivity index (χ1) is 11.4. The Hall–Kier alpha value is -1.86. The van der Waals surface area contributed by atoms with Crippen LogP contribution >= 0.6 is 22.9 Å². The third-order valence-corrected chi connectivity index (χ3v) is 5.56. The van der Waals surface area contributed by atoms with Gasteiger partial charge in [-0.1, -0.05) is 11.6 Å². The van der Waals surface area contributed by atoms with Crippen molar-refractivity contribution in [1.82, 2.24) is 14.7 Å². The van der Waals surface area contributed by atoms with Crippen LogP contribution in [0.4, 0.5) is 0 Å². The standard InChI is InChI=1S/C16H18ClN3O3S/c1-9-13(14(17)19(3)18-9)16(22)23-10(2)15(21)20-6-4-12-11(8-20)5-7-24-12/h5,7,10H,4,6,8H2,1-3H3. The van der Waals surface area contributed by atoms with Gasteiger partial charge in [-0.05, 0) is 37.3 Å². The predicted octanol–water partition coefficient (Wildman–Crippen LogP) is 2.57. The van der Waals surface area contributed by atoms with Crippen molar-refractivity contribution in [3.05, 3.63) is 38.3 Å². The maximum absolute atomic E-state index is 12.6. The fourth-order valence-electron chi connectivity index (χ4n) is 2.83. The minimum absolute atomic E-state index is 0.196. The number of amides is 1. The molecule has 3 rings (SSSR count). The summed E-state index contributed by atoms with van der Waals surface area (Å²) in [6.45, 7) is 4.47. The zero-order valence-electron chi connectivity index (χ0n) is 13.7. The molecule has 0 bridgehead atoms. The minimum Gasteiger partial charge on any atom is -0.449 e. The lowest BCUT2D eigenvalue weighted by molar-refractivity contribution is -0.140. The van der Waals surface area contributed by atoms with E-state index in [-0.39, 0.29) is 16.6 Å². The number of esters is 1. The second kappa shape index (κ2) is 6.57. The first-order valence-corrected chi connectivity index (χ1v) is 8.88. The van der Waals surface area contributed by atoms with Crippen molar-refractivity contribution in [3.63, 3.8) is 0 Å². The van der Waals surface area contributed by atoms with Gasteiger partial charge in [-0.3, -0.25) is 9.48 Å². The molecule has 1 aliphatic rings. The van der Waals surface area contributed by atoms with Crippen LogP contribution in [0.5, 0.6) is 0 Å². The normalized spacial score (nSPS) is 15.1. The Morgan fingerprint density at radius 3 is 2.88 bits per heavy atom. The van der Waals surface area contributed by atoms with E-state index in [1.165, 1.54) is 15.1 Å². The molecule has 24 heavy (non-hydrogen) atoms. The maximum atomic E-state index is 12.6. The van der Waals surface area contributed by atoms with Gasteiger partial charge in [0.15, 0.2) is 6.10 Å². The summed E-state index contributed by atoms with van der Waals surface area (Å²) in [4.78, 5) is 27.9. The van der Waals surface area contributed by atoms with Gasteiger partial charge in [0.05, 0.1) is 5.69 Å². The molecule has 1 unspecified atom stereocenters. The highest BCUT2D eigenvalue weighted by atomic mass is 35.5. The minimum atomic E-state index is -0.867. The van der Waals surface area contributed by atoms with Gasteiger partial charge in [0.25, 0.3) is 5.91 Å². The lowest BCUT2D eigenvalue weighted by atomic mass is 10.1. The Morgan fingerprint density at radius 1 is 1.46 bits per heavy atom. The third kappa shape index (κ3) is 3.06. The molecule has 1 amide bonds. The molecular formula is C16H18ClN3O3S. The van der Waals surface area contributed by atoms with E-state index in [0.29, 0.717) is 18.8 Å². The van der Waals surface area contributed by atoms with Crippen LogP contribution < -0.4 is 0 Å². The molecule has 0 saturated carbocycles. The van der Waals surface area contributed by atoms with E-state index in [1.54, 1.807) is 37.1 Å². The van der Waals surface area contributed by atoms with Gasteiger partial charge >= 0.3 is 5.97 Å². The number of hydrogen-bond acceptors (Lipinski definition) is 5. The molecule has 0 aromatic carbocycles. The fourth-order valence-corrected chi connectivity index (χ4v) is 3.97. The van der Waals surface area contributed by atoms with Crippen molar-refractivity contribution in [2.24, 2.45) is 7.05 Å². The van der Waals surface area contributed by atoms with Gasteiger partial charge in [0.1, 0.15) is 10.7 Å². The van der Waals surface area contributed by atoms with Gasteiger partial charge < -0.3 is 9.64 Å². The summed E-state index contributed by atoms with van der Waals surface area (Å²) in [5.41, 5.74) is 1.86. The number of rotatable bonds is 3. The summed E-state index contributed by atoms with van der Waals surface area (Å²) in [6, 6.07) is 2.04. The van der Waals surface area contributed by atoms with E-state index in [4.69, 9.17) is 16.3 Å². The Balaban J connectivity index is 1.67. The Labute approximate surface area is 149 Å². The zero-order valence-corrected chi connectivity index (χ0v) is 15.3. The van der Waals surface area contributed by atoms with Gasteiger partial charge in [0.2, 0.25) is 0 Å². The number of hydrogen-bond donors (Lipinski definition) is 0. The van der Waals surface area contributed by atoms with E-state index >= 15 is 0 Å². The number of carbonyl (C=O) groups is 2. The molecule has 0 fully saturated rings. The molecule has 0 radical (unpaired) electrons. The maximum Gasteiger partial charge on any atom is 0.343 e. The summed E-state index contributed by atoms with van der Waals surface area (Å²) in [5.74, 6) is -0.822. The molecule has 1 atom stereocenters. The topological polar surface area (TPSA) is 64.4 Å². The quantitative estimate of drug-likeness (QED) is 0.782. The number of thiophene rings is 1. The number of aryl methyl sites for hydroxylation is 2. The molecular weight excluding hydrogens is 350 g/mol. The molecule has 0 N–H and O–H groups in total. The second-order valence-electron chi connectivity index (χ2n) is 5.80. The summed E-state index contributed by atoms with van der Waals surface area (Å²) in [7, 11) is 1.65. The predicted molar refractivity (Wildman–Crippen MR) is 91.3 cm³/mol. The van der Waals surface area contributed by atoms with Crippen molar-refractivity contribution in [2.45, 2.75) is 32.9 Å². The molecule has 2 aromatic heterocycles. The zero-order chi connectivity index (χ0) is 17.4. The molecule has 0 aliphatic carbocycles. The van der Waals surface area contributed by atoms with Gasteiger partial charge in [-0.25, -0.2) is 4.79 Å². The number of aromatic nitrogens is 2. The molecule has 8 heteroatoms. The number of nitrogens with zero attached hydrogens (tertiary/aromatic N) is 3. The van der Waals surface area contributed by atoms with Crippen LogP contribution in [0, 0.1) is 6.92 Å².